The zero-order valence-corrected chi connectivity index (χ0v) is 23.4. The summed E-state index contributed by atoms with van der Waals surface area (Å²) in [6.45, 7) is 0. The molecule has 0 bridgehead atoms. The van der Waals surface area contributed by atoms with Gasteiger partial charge in [-0.1, -0.05) is 45.2 Å². The molecule has 0 atom stereocenters. The predicted octanol–water partition coefficient (Wildman–Crippen LogP) is 5.78. The second kappa shape index (κ2) is 8.95. The van der Waals surface area contributed by atoms with Crippen LogP contribution in [0.25, 0.3) is 0 Å². The molecule has 0 aromatic rings. The van der Waals surface area contributed by atoms with Crippen LogP contribution in [0.5, 0.6) is 0 Å². The maximum absolute atomic E-state index is 4.74. The van der Waals surface area contributed by atoms with Gasteiger partial charge in [-0.25, -0.2) is 0 Å². The Morgan fingerprint density at radius 2 is 1.35 bits per heavy atom. The van der Waals surface area contributed by atoms with Crippen LogP contribution in [0, 0.1) is 0 Å². The van der Waals surface area contributed by atoms with Crippen LogP contribution in [-0.4, -0.2) is 43.8 Å². The summed E-state index contributed by atoms with van der Waals surface area (Å²) in [4.78, 5) is 0. The molecule has 0 radical (unpaired) electrons. The van der Waals surface area contributed by atoms with Crippen molar-refractivity contribution < 1.29 is 0 Å². The Kier molecular flexibility index (Phi) is 11.3. The van der Waals surface area contributed by atoms with Gasteiger partial charge in [0.25, 0.3) is 0 Å². The number of rotatable bonds is 5. The van der Waals surface area contributed by atoms with Gasteiger partial charge in [0.05, 0.1) is 22.9 Å². The Balaban J connectivity index is 5.90. The molecule has 0 heterocycles. The van der Waals surface area contributed by atoms with E-state index in [0.29, 0.717) is 2.06 Å². The number of alkyl halides is 5. The van der Waals surface area contributed by atoms with E-state index < -0.39 is 7.51 Å². The van der Waals surface area contributed by atoms with E-state index >= 15 is 0 Å². The van der Waals surface area contributed by atoms with Gasteiger partial charge in [0.2, 0.25) is 0 Å². The quantitative estimate of drug-likeness (QED) is 0.151. The molecule has 11 heteroatoms. The summed E-state index contributed by atoms with van der Waals surface area (Å²) in [6.07, 6.45) is 0. The average Bonchev–Trinajstić information content (AvgIpc) is 2.09. The van der Waals surface area contributed by atoms with Crippen LogP contribution in [0.1, 0.15) is 0 Å². The Morgan fingerprint density at radius 3 is 1.41 bits per heavy atom. The van der Waals surface area contributed by atoms with Gasteiger partial charge in [0.15, 0.2) is 7.07 Å². The molecule has 0 amide bonds. The van der Waals surface area contributed by atoms with Crippen LogP contribution >= 0.6 is 143 Å². The summed E-state index contributed by atoms with van der Waals surface area (Å²) < 4.78 is 12.0. The molecule has 0 fully saturated rings. The van der Waals surface area contributed by atoms with E-state index in [9.17, 15) is 0 Å². The second-order valence-electron chi connectivity index (χ2n) is 3.40. The number of hydrogen-bond donors (Lipinski definition) is 0. The summed E-state index contributed by atoms with van der Waals surface area (Å²) in [7, 11) is 6.59. The summed E-state index contributed by atoms with van der Waals surface area (Å²) in [5.74, 6) is 0. The van der Waals surface area contributed by atoms with Gasteiger partial charge >= 0.3 is 0 Å². The van der Waals surface area contributed by atoms with Gasteiger partial charge in [-0.3, -0.25) is 9.34 Å². The maximum atomic E-state index is 4.74. The molecular weight excluding hydrogens is 920 g/mol. The van der Waals surface area contributed by atoms with Crippen molar-refractivity contribution in [2.75, 3.05) is 28.2 Å². The van der Waals surface area contributed by atoms with Gasteiger partial charge in [0.1, 0.15) is 2.06 Å². The molecule has 0 N–H and O–H groups in total. The SMILES string of the molecule is CN(C)P(=NI)(N(C)C)N(C(I)I)C(I)(I)I. The minimum absolute atomic E-state index is 0.0166. The van der Waals surface area contributed by atoms with Crippen LogP contribution in [0.3, 0.4) is 0 Å². The average molecular weight is 934 g/mol. The molecule has 0 aliphatic carbocycles. The van der Waals surface area contributed by atoms with E-state index in [1.165, 1.54) is 0 Å². The highest BCUT2D eigenvalue weighted by Gasteiger charge is 2.45. The van der Waals surface area contributed by atoms with Crippen molar-refractivity contribution in [2.24, 2.45) is 2.96 Å². The number of hydrogen-bond acceptors (Lipinski definition) is 1. The van der Waals surface area contributed by atoms with Gasteiger partial charge in [-0.05, 0) is 96.0 Å². The number of halogens is 6. The summed E-state index contributed by atoms with van der Waals surface area (Å²) >= 11 is 14.5. The largest absolute Gasteiger partial charge is 0.251 e. The predicted molar refractivity (Wildman–Crippen MR) is 129 cm³/mol. The van der Waals surface area contributed by atoms with Gasteiger partial charge in [-0.15, -0.1) is 0 Å². The standard InChI is InChI=1S/C6H13I6N4P/c1-14(2)17(13-12,15(3)4)16(5(7)8)6(9,10)11/h5H,1-4H3. The zero-order valence-electron chi connectivity index (χ0n) is 9.58. The summed E-state index contributed by atoms with van der Waals surface area (Å²) in [5.41, 5.74) is 0. The molecule has 0 saturated heterocycles. The third kappa shape index (κ3) is 5.56. The van der Waals surface area contributed by atoms with Crippen LogP contribution in [0.4, 0.5) is 0 Å². The lowest BCUT2D eigenvalue weighted by Gasteiger charge is -2.47. The first kappa shape index (κ1) is 21.5. The fourth-order valence-electron chi connectivity index (χ4n) is 1.29. The van der Waals surface area contributed by atoms with Crippen LogP contribution in [-0.2, 0) is 0 Å². The lowest BCUT2D eigenvalue weighted by atomic mass is 11.2. The Bertz CT molecular complexity index is 289. The van der Waals surface area contributed by atoms with E-state index in [1.807, 2.05) is 0 Å². The Hall–Kier alpha value is 4.49. The molecule has 0 aromatic carbocycles. The van der Waals surface area contributed by atoms with E-state index in [1.54, 1.807) is 0 Å². The molecule has 0 aromatic heterocycles. The highest BCUT2D eigenvalue weighted by atomic mass is 127. The minimum atomic E-state index is -1.83. The summed E-state index contributed by atoms with van der Waals surface area (Å²) in [5, 5.41) is 0. The van der Waals surface area contributed by atoms with Crippen molar-refractivity contribution in [2.45, 2.75) is 1.61 Å². The lowest BCUT2D eigenvalue weighted by Crippen LogP contribution is -2.42. The maximum Gasteiger partial charge on any atom is 0.183 e. The van der Waals surface area contributed by atoms with E-state index in [0.717, 1.165) is 0 Å². The second-order valence-corrected chi connectivity index (χ2v) is 23.6. The minimum Gasteiger partial charge on any atom is -0.251 e. The van der Waals surface area contributed by atoms with Gasteiger partial charge < -0.3 is 0 Å². The number of nitrogens with zero attached hydrogens (tertiary/aromatic N) is 4. The fraction of sp³-hybridized carbons (Fsp3) is 1.00. The first-order valence-electron chi connectivity index (χ1n) is 4.24. The molecule has 0 rings (SSSR count). The Morgan fingerprint density at radius 1 is 1.00 bits per heavy atom. The highest BCUT2D eigenvalue weighted by molar-refractivity contribution is 14.3. The van der Waals surface area contributed by atoms with Crippen molar-refractivity contribution in [3.05, 3.63) is 0 Å². The lowest BCUT2D eigenvalue weighted by molar-refractivity contribution is 0.454. The van der Waals surface area contributed by atoms with Crippen LogP contribution in [0.2, 0.25) is 0 Å². The molecule has 0 spiro atoms. The molecule has 0 saturated carbocycles. The van der Waals surface area contributed by atoms with Crippen molar-refractivity contribution >= 4 is 143 Å². The highest BCUT2D eigenvalue weighted by Crippen LogP contribution is 2.66. The van der Waals surface area contributed by atoms with E-state index in [2.05, 4.69) is 178 Å². The monoisotopic (exact) mass is 934 g/mol. The molecule has 0 aliphatic heterocycles. The molecule has 17 heavy (non-hydrogen) atoms. The molecule has 104 valence electrons. The third-order valence-corrected chi connectivity index (χ3v) is 11.8. The van der Waals surface area contributed by atoms with Gasteiger partial charge in [-0.2, -0.15) is 7.63 Å². The van der Waals surface area contributed by atoms with Crippen molar-refractivity contribution in [3.63, 3.8) is 0 Å². The topological polar surface area (TPSA) is 22.1 Å². The molecule has 0 unspecified atom stereocenters. The molecule has 0 aliphatic rings. The van der Waals surface area contributed by atoms with Crippen molar-refractivity contribution in [1.29, 1.82) is 0 Å². The summed E-state index contributed by atoms with van der Waals surface area (Å²) in [6, 6.07) is 0. The Labute approximate surface area is 186 Å². The van der Waals surface area contributed by atoms with Crippen LogP contribution in [0.15, 0.2) is 2.96 Å². The van der Waals surface area contributed by atoms with E-state index in [4.69, 9.17) is 2.96 Å². The van der Waals surface area contributed by atoms with Crippen molar-refractivity contribution in [3.8, 4) is 0 Å². The van der Waals surface area contributed by atoms with Gasteiger partial charge in [0, 0.05) is 0 Å². The normalized spacial score (nSPS) is 14.2. The van der Waals surface area contributed by atoms with E-state index in [-0.39, 0.29) is -0.441 Å². The first-order valence-corrected chi connectivity index (χ1v) is 12.5. The zero-order chi connectivity index (χ0) is 14.0. The molecular formula is C6H13I6N4P. The fourth-order valence-corrected chi connectivity index (χ4v) is 16.1. The first-order chi connectivity index (χ1) is 7.51. The van der Waals surface area contributed by atoms with Crippen LogP contribution < -0.4 is 0 Å². The third-order valence-electron chi connectivity index (χ3n) is 1.91. The van der Waals surface area contributed by atoms with Crippen molar-refractivity contribution in [1.82, 2.24) is 14.0 Å². The molecule has 4 nitrogen and oxygen atoms in total. The smallest absolute Gasteiger partial charge is 0.183 e.